The van der Waals surface area contributed by atoms with Crippen LogP contribution in [-0.2, 0) is 6.54 Å². The first-order chi connectivity index (χ1) is 7.70. The third-order valence-electron chi connectivity index (χ3n) is 2.20. The molecule has 3 N–H and O–H groups in total. The van der Waals surface area contributed by atoms with E-state index in [4.69, 9.17) is 17.3 Å². The van der Waals surface area contributed by atoms with E-state index in [9.17, 15) is 0 Å². The Morgan fingerprint density at radius 2 is 2.19 bits per heavy atom. The van der Waals surface area contributed by atoms with Crippen LogP contribution in [-0.4, -0.2) is 21.8 Å². The molecule has 5 nitrogen and oxygen atoms in total. The van der Waals surface area contributed by atoms with Crippen LogP contribution in [0.5, 0.6) is 0 Å². The molecule has 16 heavy (non-hydrogen) atoms. The maximum atomic E-state index is 6.05. The Kier molecular flexibility index (Phi) is 2.96. The fraction of sp³-hybridized carbons (Fsp3) is 0.200. The highest BCUT2D eigenvalue weighted by atomic mass is 35.5. The van der Waals surface area contributed by atoms with Crippen molar-refractivity contribution < 1.29 is 0 Å². The Bertz CT molecular complexity index is 494. The van der Waals surface area contributed by atoms with E-state index in [1.165, 1.54) is 0 Å². The van der Waals surface area contributed by atoms with E-state index in [0.29, 0.717) is 23.5 Å². The second-order valence-corrected chi connectivity index (χ2v) is 3.70. The van der Waals surface area contributed by atoms with Crippen molar-refractivity contribution in [3.63, 3.8) is 0 Å². The number of nitrogen functional groups attached to an aromatic ring is 1. The molecule has 0 aliphatic rings. The van der Waals surface area contributed by atoms with E-state index in [1.807, 2.05) is 24.3 Å². The third-order valence-corrected chi connectivity index (χ3v) is 2.57. The highest BCUT2D eigenvalue weighted by molar-refractivity contribution is 6.31. The van der Waals surface area contributed by atoms with Crippen molar-refractivity contribution >= 4 is 23.5 Å². The lowest BCUT2D eigenvalue weighted by molar-refractivity contribution is 0.698. The number of hydrogen-bond donors (Lipinski definition) is 2. The molecule has 84 valence electrons. The largest absolute Gasteiger partial charge is 0.368 e. The van der Waals surface area contributed by atoms with Gasteiger partial charge in [0.25, 0.3) is 0 Å². The number of rotatable bonds is 3. The third kappa shape index (κ3) is 2.09. The van der Waals surface area contributed by atoms with Gasteiger partial charge in [0.2, 0.25) is 11.9 Å². The lowest BCUT2D eigenvalue weighted by Crippen LogP contribution is -2.06. The monoisotopic (exact) mass is 237 g/mol. The van der Waals surface area contributed by atoms with Gasteiger partial charge in [-0.05, 0) is 11.6 Å². The number of hydrogen-bond acceptors (Lipinski definition) is 4. The standard InChI is InChI=1S/C10H12ClN5/c1-13-10-14-9(12)16(15-10)6-7-4-2-3-5-8(7)11/h2-5H,6H2,1H3,(H3,12,13,14,15). The molecular formula is C10H12ClN5. The second-order valence-electron chi connectivity index (χ2n) is 3.29. The molecule has 2 rings (SSSR count). The van der Waals surface area contributed by atoms with Crippen LogP contribution in [0.2, 0.25) is 5.02 Å². The van der Waals surface area contributed by atoms with Gasteiger partial charge in [0.15, 0.2) is 0 Å². The first-order valence-corrected chi connectivity index (χ1v) is 5.20. The van der Waals surface area contributed by atoms with Crippen LogP contribution >= 0.6 is 11.6 Å². The topological polar surface area (TPSA) is 68.8 Å². The number of nitrogens with zero attached hydrogens (tertiary/aromatic N) is 3. The van der Waals surface area contributed by atoms with Gasteiger partial charge in [-0.15, -0.1) is 5.10 Å². The molecule has 0 radical (unpaired) electrons. The van der Waals surface area contributed by atoms with Crippen LogP contribution in [0, 0.1) is 0 Å². The minimum atomic E-state index is 0.365. The molecule has 0 aliphatic heterocycles. The Labute approximate surface area is 98.2 Å². The van der Waals surface area contributed by atoms with Crippen LogP contribution < -0.4 is 11.1 Å². The lowest BCUT2D eigenvalue weighted by atomic mass is 10.2. The van der Waals surface area contributed by atoms with Crippen LogP contribution in [0.1, 0.15) is 5.56 Å². The van der Waals surface area contributed by atoms with Gasteiger partial charge < -0.3 is 11.1 Å². The van der Waals surface area contributed by atoms with Crippen LogP contribution in [0.4, 0.5) is 11.9 Å². The van der Waals surface area contributed by atoms with E-state index in [0.717, 1.165) is 5.56 Å². The summed E-state index contributed by atoms with van der Waals surface area (Å²) in [6, 6.07) is 7.58. The number of nitrogens with two attached hydrogens (primary N) is 1. The van der Waals surface area contributed by atoms with Gasteiger partial charge in [0.1, 0.15) is 0 Å². The predicted molar refractivity (Wildman–Crippen MR) is 64.5 cm³/mol. The summed E-state index contributed by atoms with van der Waals surface area (Å²) in [5.74, 6) is 0.869. The summed E-state index contributed by atoms with van der Waals surface area (Å²) in [4.78, 5) is 4.03. The summed E-state index contributed by atoms with van der Waals surface area (Å²) in [6.07, 6.45) is 0. The van der Waals surface area contributed by atoms with Crippen molar-refractivity contribution in [1.29, 1.82) is 0 Å². The fourth-order valence-corrected chi connectivity index (χ4v) is 1.56. The van der Waals surface area contributed by atoms with Gasteiger partial charge in [-0.3, -0.25) is 0 Å². The average Bonchev–Trinajstić information content (AvgIpc) is 2.63. The molecule has 0 spiro atoms. The summed E-state index contributed by atoms with van der Waals surface area (Å²) >= 11 is 6.05. The molecule has 0 saturated heterocycles. The van der Waals surface area contributed by atoms with Crippen molar-refractivity contribution in [2.75, 3.05) is 18.1 Å². The van der Waals surface area contributed by atoms with Gasteiger partial charge in [-0.1, -0.05) is 29.8 Å². The molecule has 0 amide bonds. The summed E-state index contributed by atoms with van der Waals surface area (Å²) < 4.78 is 1.60. The van der Waals surface area contributed by atoms with Gasteiger partial charge in [0.05, 0.1) is 6.54 Å². The highest BCUT2D eigenvalue weighted by Gasteiger charge is 2.07. The fourth-order valence-electron chi connectivity index (χ4n) is 1.36. The summed E-state index contributed by atoms with van der Waals surface area (Å²) in [7, 11) is 1.74. The number of aromatic nitrogens is 3. The zero-order chi connectivity index (χ0) is 11.5. The van der Waals surface area contributed by atoms with Gasteiger partial charge >= 0.3 is 0 Å². The summed E-state index contributed by atoms with van der Waals surface area (Å²) in [5, 5.41) is 7.71. The Hall–Kier alpha value is -1.75. The zero-order valence-electron chi connectivity index (χ0n) is 8.81. The number of anilines is 2. The molecule has 1 aromatic heterocycles. The summed E-state index contributed by atoms with van der Waals surface area (Å²) in [6.45, 7) is 0.514. The second kappa shape index (κ2) is 4.40. The number of benzene rings is 1. The molecule has 0 unspecified atom stereocenters. The minimum Gasteiger partial charge on any atom is -0.368 e. The molecule has 0 fully saturated rings. The Balaban J connectivity index is 2.27. The van der Waals surface area contributed by atoms with Crippen molar-refractivity contribution in [3.8, 4) is 0 Å². The first kappa shape index (κ1) is 10.8. The average molecular weight is 238 g/mol. The van der Waals surface area contributed by atoms with Crippen LogP contribution in [0.15, 0.2) is 24.3 Å². The molecular weight excluding hydrogens is 226 g/mol. The SMILES string of the molecule is CNc1nc(N)n(Cc2ccccc2Cl)n1. The van der Waals surface area contributed by atoms with Crippen molar-refractivity contribution in [2.24, 2.45) is 0 Å². The molecule has 0 atom stereocenters. The molecule has 0 aliphatic carbocycles. The van der Waals surface area contributed by atoms with E-state index < -0.39 is 0 Å². The van der Waals surface area contributed by atoms with Crippen LogP contribution in [0.3, 0.4) is 0 Å². The zero-order valence-corrected chi connectivity index (χ0v) is 9.57. The van der Waals surface area contributed by atoms with Crippen molar-refractivity contribution in [2.45, 2.75) is 6.54 Å². The Morgan fingerprint density at radius 1 is 1.44 bits per heavy atom. The maximum Gasteiger partial charge on any atom is 0.243 e. The molecule has 6 heteroatoms. The summed E-state index contributed by atoms with van der Waals surface area (Å²) in [5.41, 5.74) is 6.68. The highest BCUT2D eigenvalue weighted by Crippen LogP contribution is 2.17. The Morgan fingerprint density at radius 3 is 2.81 bits per heavy atom. The number of halogens is 1. The first-order valence-electron chi connectivity index (χ1n) is 4.82. The molecule has 1 aromatic carbocycles. The van der Waals surface area contributed by atoms with Gasteiger partial charge in [0, 0.05) is 12.1 Å². The van der Waals surface area contributed by atoms with E-state index in [-0.39, 0.29) is 0 Å². The van der Waals surface area contributed by atoms with Gasteiger partial charge in [-0.2, -0.15) is 4.98 Å². The lowest BCUT2D eigenvalue weighted by Gasteiger charge is -2.04. The maximum absolute atomic E-state index is 6.05. The van der Waals surface area contributed by atoms with Crippen molar-refractivity contribution in [1.82, 2.24) is 14.8 Å². The number of nitrogens with one attached hydrogen (secondary N) is 1. The molecule has 2 aromatic rings. The van der Waals surface area contributed by atoms with Crippen LogP contribution in [0.25, 0.3) is 0 Å². The minimum absolute atomic E-state index is 0.365. The molecule has 0 bridgehead atoms. The predicted octanol–water partition coefficient (Wildman–Crippen LogP) is 1.60. The normalized spacial score (nSPS) is 10.4. The van der Waals surface area contributed by atoms with Crippen molar-refractivity contribution in [3.05, 3.63) is 34.9 Å². The molecule has 0 saturated carbocycles. The smallest absolute Gasteiger partial charge is 0.243 e. The van der Waals surface area contributed by atoms with Gasteiger partial charge in [-0.25, -0.2) is 4.68 Å². The van der Waals surface area contributed by atoms with E-state index in [1.54, 1.807) is 11.7 Å². The van der Waals surface area contributed by atoms with E-state index in [2.05, 4.69) is 15.4 Å². The molecule has 1 heterocycles. The quantitative estimate of drug-likeness (QED) is 0.851. The van der Waals surface area contributed by atoms with E-state index >= 15 is 0 Å².